The Morgan fingerprint density at radius 2 is 2.05 bits per heavy atom. The Bertz CT molecular complexity index is 525. The van der Waals surface area contributed by atoms with Crippen molar-refractivity contribution in [3.8, 4) is 0 Å². The Labute approximate surface area is 136 Å². The molecule has 1 saturated heterocycles. The van der Waals surface area contributed by atoms with Crippen LogP contribution >= 0.6 is 11.8 Å². The predicted octanol–water partition coefficient (Wildman–Crippen LogP) is 2.36. The fraction of sp³-hybridized carbons (Fsp3) is 0.529. The molecule has 1 heterocycles. The van der Waals surface area contributed by atoms with E-state index in [9.17, 15) is 9.59 Å². The van der Waals surface area contributed by atoms with E-state index in [4.69, 9.17) is 0 Å². The highest BCUT2D eigenvalue weighted by Crippen LogP contribution is 2.14. The standard InChI is InChI=1S/C17H24N2O2S/c1-13-4-3-5-15(10-13)11-22-12-17(21)18-16-6-8-19(9-7-16)14(2)20/h3-5,10,16H,6-9,11-12H2,1-2H3,(H,18,21). The highest BCUT2D eigenvalue weighted by molar-refractivity contribution is 7.99. The number of likely N-dealkylation sites (tertiary alicyclic amines) is 1. The van der Waals surface area contributed by atoms with Gasteiger partial charge in [0, 0.05) is 31.8 Å². The number of hydrogen-bond donors (Lipinski definition) is 1. The summed E-state index contributed by atoms with van der Waals surface area (Å²) in [6, 6.07) is 8.59. The van der Waals surface area contributed by atoms with Crippen LogP contribution < -0.4 is 5.32 Å². The van der Waals surface area contributed by atoms with Gasteiger partial charge in [0.25, 0.3) is 0 Å². The number of benzene rings is 1. The van der Waals surface area contributed by atoms with Gasteiger partial charge in [-0.2, -0.15) is 0 Å². The van der Waals surface area contributed by atoms with Crippen molar-refractivity contribution < 1.29 is 9.59 Å². The zero-order valence-electron chi connectivity index (χ0n) is 13.3. The Morgan fingerprint density at radius 1 is 1.32 bits per heavy atom. The van der Waals surface area contributed by atoms with E-state index in [1.807, 2.05) is 11.0 Å². The number of amides is 2. The van der Waals surface area contributed by atoms with Crippen LogP contribution in [0.2, 0.25) is 0 Å². The highest BCUT2D eigenvalue weighted by Gasteiger charge is 2.21. The quantitative estimate of drug-likeness (QED) is 0.906. The summed E-state index contributed by atoms with van der Waals surface area (Å²) in [5.41, 5.74) is 2.51. The lowest BCUT2D eigenvalue weighted by molar-refractivity contribution is -0.130. The van der Waals surface area contributed by atoms with Crippen LogP contribution in [-0.2, 0) is 15.3 Å². The van der Waals surface area contributed by atoms with Gasteiger partial charge < -0.3 is 10.2 Å². The molecule has 1 aromatic rings. The third-order valence-electron chi connectivity index (χ3n) is 3.89. The Kier molecular flexibility index (Phi) is 6.31. The van der Waals surface area contributed by atoms with Gasteiger partial charge in [0.1, 0.15) is 0 Å². The van der Waals surface area contributed by atoms with Gasteiger partial charge in [-0.05, 0) is 25.3 Å². The average molecular weight is 320 g/mol. The number of thioether (sulfide) groups is 1. The molecular formula is C17H24N2O2S. The first-order valence-electron chi connectivity index (χ1n) is 7.73. The van der Waals surface area contributed by atoms with Gasteiger partial charge in [-0.3, -0.25) is 9.59 Å². The minimum absolute atomic E-state index is 0.0962. The summed E-state index contributed by atoms with van der Waals surface area (Å²) in [5.74, 6) is 1.57. The number of rotatable bonds is 5. The van der Waals surface area contributed by atoms with Gasteiger partial charge in [-0.25, -0.2) is 0 Å². The number of nitrogens with zero attached hydrogens (tertiary/aromatic N) is 1. The maximum absolute atomic E-state index is 12.0. The molecule has 22 heavy (non-hydrogen) atoms. The summed E-state index contributed by atoms with van der Waals surface area (Å²) < 4.78 is 0. The largest absolute Gasteiger partial charge is 0.353 e. The lowest BCUT2D eigenvalue weighted by Crippen LogP contribution is -2.46. The van der Waals surface area contributed by atoms with Crippen LogP contribution in [-0.4, -0.2) is 41.6 Å². The van der Waals surface area contributed by atoms with Gasteiger partial charge in [0.2, 0.25) is 11.8 Å². The normalized spacial score (nSPS) is 15.6. The first-order valence-corrected chi connectivity index (χ1v) is 8.88. The molecule has 0 atom stereocenters. The number of carbonyl (C=O) groups excluding carboxylic acids is 2. The van der Waals surface area contributed by atoms with Gasteiger partial charge >= 0.3 is 0 Å². The summed E-state index contributed by atoms with van der Waals surface area (Å²) in [6.07, 6.45) is 1.71. The Hall–Kier alpha value is -1.49. The molecule has 2 amide bonds. The molecule has 5 heteroatoms. The van der Waals surface area contributed by atoms with Gasteiger partial charge in [0.05, 0.1) is 5.75 Å². The summed E-state index contributed by atoms with van der Waals surface area (Å²) in [7, 11) is 0. The minimum atomic E-state index is 0.0962. The molecule has 1 aliphatic heterocycles. The molecule has 4 nitrogen and oxygen atoms in total. The third-order valence-corrected chi connectivity index (χ3v) is 4.89. The van der Waals surface area contributed by atoms with Crippen molar-refractivity contribution in [1.29, 1.82) is 0 Å². The fourth-order valence-corrected chi connectivity index (χ4v) is 3.46. The first kappa shape index (κ1) is 16.9. The van der Waals surface area contributed by atoms with Crippen LogP contribution in [0.3, 0.4) is 0 Å². The van der Waals surface area contributed by atoms with Crippen LogP contribution in [0.4, 0.5) is 0 Å². The molecule has 120 valence electrons. The summed E-state index contributed by atoms with van der Waals surface area (Å²) in [5, 5.41) is 3.08. The summed E-state index contributed by atoms with van der Waals surface area (Å²) in [6.45, 7) is 5.17. The van der Waals surface area contributed by atoms with E-state index < -0.39 is 0 Å². The van der Waals surface area contributed by atoms with E-state index in [0.717, 1.165) is 31.7 Å². The Morgan fingerprint density at radius 3 is 2.68 bits per heavy atom. The molecule has 0 bridgehead atoms. The van der Waals surface area contributed by atoms with Crippen LogP contribution in [0.5, 0.6) is 0 Å². The Balaban J connectivity index is 1.65. The topological polar surface area (TPSA) is 49.4 Å². The molecule has 2 rings (SSSR count). The van der Waals surface area contributed by atoms with E-state index >= 15 is 0 Å². The van der Waals surface area contributed by atoms with E-state index in [2.05, 4.69) is 30.4 Å². The lowest BCUT2D eigenvalue weighted by Gasteiger charge is -2.31. The SMILES string of the molecule is CC(=O)N1CCC(NC(=O)CSCc2cccc(C)c2)CC1. The first-order chi connectivity index (χ1) is 10.5. The van der Waals surface area contributed by atoms with Crippen molar-refractivity contribution in [3.05, 3.63) is 35.4 Å². The highest BCUT2D eigenvalue weighted by atomic mass is 32.2. The predicted molar refractivity (Wildman–Crippen MR) is 90.8 cm³/mol. The second-order valence-electron chi connectivity index (χ2n) is 5.83. The summed E-state index contributed by atoms with van der Waals surface area (Å²) in [4.78, 5) is 25.1. The average Bonchev–Trinajstić information content (AvgIpc) is 2.48. The zero-order chi connectivity index (χ0) is 15.9. The van der Waals surface area contributed by atoms with Crippen molar-refractivity contribution in [2.75, 3.05) is 18.8 Å². The third kappa shape index (κ3) is 5.37. The number of hydrogen-bond acceptors (Lipinski definition) is 3. The van der Waals surface area contributed by atoms with Crippen molar-refractivity contribution in [2.45, 2.75) is 38.5 Å². The van der Waals surface area contributed by atoms with Gasteiger partial charge in [0.15, 0.2) is 0 Å². The molecule has 1 aliphatic rings. The van der Waals surface area contributed by atoms with E-state index in [0.29, 0.717) is 5.75 Å². The summed E-state index contributed by atoms with van der Waals surface area (Å²) >= 11 is 1.64. The van der Waals surface area contributed by atoms with Crippen LogP contribution in [0.15, 0.2) is 24.3 Å². The van der Waals surface area contributed by atoms with Gasteiger partial charge in [-0.15, -0.1) is 11.8 Å². The van der Waals surface area contributed by atoms with Crippen LogP contribution in [0.1, 0.15) is 30.9 Å². The van der Waals surface area contributed by atoms with E-state index in [1.54, 1.807) is 18.7 Å². The van der Waals surface area contributed by atoms with E-state index in [-0.39, 0.29) is 17.9 Å². The second-order valence-corrected chi connectivity index (χ2v) is 6.82. The molecule has 1 aromatic carbocycles. The maximum atomic E-state index is 12.0. The molecule has 0 spiro atoms. The van der Waals surface area contributed by atoms with Crippen LogP contribution in [0, 0.1) is 6.92 Å². The lowest BCUT2D eigenvalue weighted by atomic mass is 10.1. The van der Waals surface area contributed by atoms with Crippen LogP contribution in [0.25, 0.3) is 0 Å². The molecule has 1 fully saturated rings. The number of carbonyl (C=O) groups is 2. The van der Waals surface area contributed by atoms with Crippen molar-refractivity contribution in [1.82, 2.24) is 10.2 Å². The molecule has 0 aromatic heterocycles. The molecule has 1 N–H and O–H groups in total. The number of aryl methyl sites for hydroxylation is 1. The number of nitrogens with one attached hydrogen (secondary N) is 1. The minimum Gasteiger partial charge on any atom is -0.353 e. The smallest absolute Gasteiger partial charge is 0.230 e. The molecule has 0 unspecified atom stereocenters. The monoisotopic (exact) mass is 320 g/mol. The van der Waals surface area contributed by atoms with Crippen molar-refractivity contribution in [2.24, 2.45) is 0 Å². The molecule has 0 aliphatic carbocycles. The fourth-order valence-electron chi connectivity index (χ4n) is 2.67. The van der Waals surface area contributed by atoms with Crippen molar-refractivity contribution in [3.63, 3.8) is 0 Å². The van der Waals surface area contributed by atoms with Gasteiger partial charge in [-0.1, -0.05) is 29.8 Å². The molecule has 0 radical (unpaired) electrons. The second kappa shape index (κ2) is 8.22. The molecule has 0 saturated carbocycles. The molecular weight excluding hydrogens is 296 g/mol. The maximum Gasteiger partial charge on any atom is 0.230 e. The zero-order valence-corrected chi connectivity index (χ0v) is 14.1. The van der Waals surface area contributed by atoms with E-state index in [1.165, 1.54) is 11.1 Å². The number of piperidine rings is 1. The van der Waals surface area contributed by atoms with Crippen molar-refractivity contribution >= 4 is 23.6 Å².